The molecule has 0 fully saturated rings. The number of hydrogen-bond acceptors (Lipinski definition) is 5. The Hall–Kier alpha value is -1.92. The molecule has 0 aliphatic rings. The van der Waals surface area contributed by atoms with Crippen molar-refractivity contribution in [2.24, 2.45) is 0 Å². The van der Waals surface area contributed by atoms with Gasteiger partial charge in [-0.1, -0.05) is 37.3 Å². The summed E-state index contributed by atoms with van der Waals surface area (Å²) in [4.78, 5) is 11.5. The average Bonchev–Trinajstić information content (AvgIpc) is 2.80. The lowest BCUT2D eigenvalue weighted by molar-refractivity contribution is 0.0178. The second-order valence-corrected chi connectivity index (χ2v) is 4.85. The number of ether oxygens (including phenoxy) is 1. The summed E-state index contributed by atoms with van der Waals surface area (Å²) in [6.45, 7) is 2.61. The highest BCUT2D eigenvalue weighted by Crippen LogP contribution is 2.02. The zero-order valence-corrected chi connectivity index (χ0v) is 12.1. The Labute approximate surface area is 123 Å². The fraction of sp³-hybridized carbons (Fsp3) is 0.467. The van der Waals surface area contributed by atoms with Crippen molar-refractivity contribution in [1.82, 2.24) is 9.78 Å². The standard InChI is InChI=1S/C15H20N2O4/c1-2-6-14-16-17(15(19)21-14)9-13(18)11-20-10-12-7-4-3-5-8-12/h3-5,7-8,13,18H,2,6,9-11H2,1H3. The van der Waals surface area contributed by atoms with Crippen molar-refractivity contribution in [2.75, 3.05) is 6.61 Å². The van der Waals surface area contributed by atoms with E-state index in [0.29, 0.717) is 18.9 Å². The van der Waals surface area contributed by atoms with E-state index >= 15 is 0 Å². The van der Waals surface area contributed by atoms with Crippen LogP contribution in [0.4, 0.5) is 0 Å². The molecule has 0 aliphatic heterocycles. The summed E-state index contributed by atoms with van der Waals surface area (Å²) in [7, 11) is 0. The first-order chi connectivity index (χ1) is 10.2. The smallest absolute Gasteiger partial charge is 0.392 e. The lowest BCUT2D eigenvalue weighted by Crippen LogP contribution is -2.28. The molecule has 0 bridgehead atoms. The summed E-state index contributed by atoms with van der Waals surface area (Å²) in [6, 6.07) is 9.69. The Kier molecular flexibility index (Phi) is 5.71. The van der Waals surface area contributed by atoms with Gasteiger partial charge >= 0.3 is 5.76 Å². The van der Waals surface area contributed by atoms with Crippen molar-refractivity contribution in [2.45, 2.75) is 39.0 Å². The maximum absolute atomic E-state index is 11.5. The lowest BCUT2D eigenvalue weighted by atomic mass is 10.2. The fourth-order valence-corrected chi connectivity index (χ4v) is 1.92. The Morgan fingerprint density at radius 2 is 2.14 bits per heavy atom. The zero-order valence-electron chi connectivity index (χ0n) is 12.1. The van der Waals surface area contributed by atoms with Crippen molar-refractivity contribution >= 4 is 0 Å². The van der Waals surface area contributed by atoms with Crippen LogP contribution in [0.5, 0.6) is 0 Å². The number of nitrogens with zero attached hydrogens (tertiary/aromatic N) is 2. The molecule has 1 atom stereocenters. The van der Waals surface area contributed by atoms with Crippen LogP contribution in [0.1, 0.15) is 24.8 Å². The molecule has 6 nitrogen and oxygen atoms in total. The van der Waals surface area contributed by atoms with Gasteiger partial charge < -0.3 is 14.3 Å². The second kappa shape index (κ2) is 7.75. The molecule has 2 rings (SSSR count). The number of aliphatic hydroxyl groups is 1. The molecule has 6 heteroatoms. The van der Waals surface area contributed by atoms with Gasteiger partial charge in [0.2, 0.25) is 5.89 Å². The van der Waals surface area contributed by atoms with Crippen molar-refractivity contribution in [1.29, 1.82) is 0 Å². The number of rotatable bonds is 8. The fourth-order valence-electron chi connectivity index (χ4n) is 1.92. The topological polar surface area (TPSA) is 77.5 Å². The largest absolute Gasteiger partial charge is 0.437 e. The van der Waals surface area contributed by atoms with Gasteiger partial charge in [0, 0.05) is 6.42 Å². The van der Waals surface area contributed by atoms with Crippen LogP contribution in [0.2, 0.25) is 0 Å². The average molecular weight is 292 g/mol. The first-order valence-electron chi connectivity index (χ1n) is 7.05. The van der Waals surface area contributed by atoms with E-state index in [0.717, 1.165) is 16.7 Å². The van der Waals surface area contributed by atoms with Crippen LogP contribution in [0.15, 0.2) is 39.5 Å². The summed E-state index contributed by atoms with van der Waals surface area (Å²) >= 11 is 0. The Morgan fingerprint density at radius 1 is 1.38 bits per heavy atom. The molecular formula is C15H20N2O4. The molecule has 114 valence electrons. The number of aliphatic hydroxyl groups excluding tert-OH is 1. The Balaban J connectivity index is 1.79. The summed E-state index contributed by atoms with van der Waals surface area (Å²) in [6.07, 6.45) is 0.664. The lowest BCUT2D eigenvalue weighted by Gasteiger charge is -2.10. The first-order valence-corrected chi connectivity index (χ1v) is 7.05. The molecule has 0 radical (unpaired) electrons. The molecule has 1 N–H and O–H groups in total. The van der Waals surface area contributed by atoms with Gasteiger partial charge in [-0.2, -0.15) is 4.68 Å². The van der Waals surface area contributed by atoms with Gasteiger partial charge in [0.1, 0.15) is 0 Å². The van der Waals surface area contributed by atoms with Crippen molar-refractivity contribution in [3.8, 4) is 0 Å². The minimum Gasteiger partial charge on any atom is -0.392 e. The van der Waals surface area contributed by atoms with E-state index in [1.54, 1.807) is 0 Å². The first kappa shape index (κ1) is 15.5. The minimum absolute atomic E-state index is 0.0703. The van der Waals surface area contributed by atoms with Gasteiger partial charge in [0.25, 0.3) is 0 Å². The quantitative estimate of drug-likeness (QED) is 0.795. The highest BCUT2D eigenvalue weighted by molar-refractivity contribution is 5.13. The van der Waals surface area contributed by atoms with E-state index in [4.69, 9.17) is 9.15 Å². The molecule has 0 aliphatic carbocycles. The van der Waals surface area contributed by atoms with E-state index in [1.165, 1.54) is 0 Å². The third kappa shape index (κ3) is 4.84. The van der Waals surface area contributed by atoms with Crippen LogP contribution >= 0.6 is 0 Å². The number of aryl methyl sites for hydroxylation is 1. The van der Waals surface area contributed by atoms with Gasteiger partial charge in [-0.3, -0.25) is 0 Å². The van der Waals surface area contributed by atoms with E-state index in [2.05, 4.69) is 5.10 Å². The maximum Gasteiger partial charge on any atom is 0.437 e. The van der Waals surface area contributed by atoms with Gasteiger partial charge in [0.15, 0.2) is 0 Å². The van der Waals surface area contributed by atoms with E-state index in [9.17, 15) is 9.90 Å². The number of benzene rings is 1. The molecule has 1 heterocycles. The van der Waals surface area contributed by atoms with Crippen LogP contribution in [-0.4, -0.2) is 27.6 Å². The van der Waals surface area contributed by atoms with Crippen LogP contribution in [0, 0.1) is 0 Å². The third-order valence-electron chi connectivity index (χ3n) is 2.92. The van der Waals surface area contributed by atoms with E-state index in [1.807, 2.05) is 37.3 Å². The summed E-state index contributed by atoms with van der Waals surface area (Å²) in [5.41, 5.74) is 1.04. The normalized spacial score (nSPS) is 12.5. The summed E-state index contributed by atoms with van der Waals surface area (Å²) in [5, 5.41) is 13.9. The summed E-state index contributed by atoms with van der Waals surface area (Å²) in [5.74, 6) is -0.138. The van der Waals surface area contributed by atoms with Crippen molar-refractivity contribution in [3.63, 3.8) is 0 Å². The van der Waals surface area contributed by atoms with Crippen molar-refractivity contribution in [3.05, 3.63) is 52.3 Å². The molecule has 0 spiro atoms. The molecule has 1 aromatic heterocycles. The minimum atomic E-state index is -0.800. The number of hydrogen-bond donors (Lipinski definition) is 1. The molecule has 0 saturated carbocycles. The number of aromatic nitrogens is 2. The van der Waals surface area contributed by atoms with Crippen LogP contribution in [0.3, 0.4) is 0 Å². The monoisotopic (exact) mass is 292 g/mol. The maximum atomic E-state index is 11.5. The Morgan fingerprint density at radius 3 is 2.86 bits per heavy atom. The van der Waals surface area contributed by atoms with E-state index < -0.39 is 11.9 Å². The predicted octanol–water partition coefficient (Wildman–Crippen LogP) is 1.37. The van der Waals surface area contributed by atoms with Gasteiger partial charge in [-0.15, -0.1) is 5.10 Å². The van der Waals surface area contributed by atoms with Crippen LogP contribution < -0.4 is 5.76 Å². The SMILES string of the molecule is CCCc1nn(CC(O)COCc2ccccc2)c(=O)o1. The van der Waals surface area contributed by atoms with Gasteiger partial charge in [0.05, 0.1) is 25.9 Å². The van der Waals surface area contributed by atoms with E-state index in [-0.39, 0.29) is 13.2 Å². The third-order valence-corrected chi connectivity index (χ3v) is 2.92. The highest BCUT2D eigenvalue weighted by atomic mass is 16.5. The summed E-state index contributed by atoms with van der Waals surface area (Å²) < 4.78 is 11.5. The van der Waals surface area contributed by atoms with Crippen LogP contribution in [0.25, 0.3) is 0 Å². The molecule has 2 aromatic rings. The molecule has 1 unspecified atom stereocenters. The van der Waals surface area contributed by atoms with Crippen molar-refractivity contribution < 1.29 is 14.3 Å². The highest BCUT2D eigenvalue weighted by Gasteiger charge is 2.12. The molecule has 1 aromatic carbocycles. The molecule has 21 heavy (non-hydrogen) atoms. The zero-order chi connectivity index (χ0) is 15.1. The van der Waals surface area contributed by atoms with Gasteiger partial charge in [-0.05, 0) is 12.0 Å². The predicted molar refractivity (Wildman–Crippen MR) is 76.9 cm³/mol. The molecule has 0 amide bonds. The Bertz CT molecular complexity index is 591. The van der Waals surface area contributed by atoms with Gasteiger partial charge in [-0.25, -0.2) is 4.79 Å². The molecular weight excluding hydrogens is 272 g/mol. The van der Waals surface area contributed by atoms with Crippen LogP contribution in [-0.2, 0) is 24.3 Å². The molecule has 0 saturated heterocycles. The second-order valence-electron chi connectivity index (χ2n) is 4.85.